The van der Waals surface area contributed by atoms with E-state index in [1.807, 2.05) is 44.2 Å². The molecule has 0 saturated carbocycles. The van der Waals surface area contributed by atoms with Gasteiger partial charge in [-0.2, -0.15) is 0 Å². The molecule has 2 N–H and O–H groups in total. The summed E-state index contributed by atoms with van der Waals surface area (Å²) < 4.78 is 11.6. The molecule has 5 rings (SSSR count). The van der Waals surface area contributed by atoms with Crippen LogP contribution >= 0.6 is 0 Å². The molecule has 0 unspecified atom stereocenters. The van der Waals surface area contributed by atoms with Crippen molar-refractivity contribution in [1.29, 1.82) is 0 Å². The maximum absolute atomic E-state index is 13.5. The minimum absolute atomic E-state index is 0.0515. The summed E-state index contributed by atoms with van der Waals surface area (Å²) in [7, 11) is 1.62. The van der Waals surface area contributed by atoms with E-state index in [4.69, 9.17) is 9.47 Å². The number of H-pyrrole nitrogens is 1. The van der Waals surface area contributed by atoms with E-state index in [2.05, 4.69) is 10.3 Å². The van der Waals surface area contributed by atoms with Gasteiger partial charge in [-0.3, -0.25) is 9.59 Å². The summed E-state index contributed by atoms with van der Waals surface area (Å²) in [5.74, 6) is 0.229. The van der Waals surface area contributed by atoms with Crippen molar-refractivity contribution < 1.29 is 23.8 Å². The maximum Gasteiger partial charge on any atom is 0.300 e. The summed E-state index contributed by atoms with van der Waals surface area (Å²) in [4.78, 5) is 31.0. The van der Waals surface area contributed by atoms with Crippen LogP contribution in [0, 0.1) is 26.0 Å². The third kappa shape index (κ3) is 5.15. The summed E-state index contributed by atoms with van der Waals surface area (Å²) in [6.45, 7) is 7.80. The molecule has 0 spiro atoms. The predicted molar refractivity (Wildman–Crippen MR) is 153 cm³/mol. The Bertz CT molecular complexity index is 1570. The highest BCUT2D eigenvalue weighted by Gasteiger charge is 2.27. The molecule has 2 amide bonds. The second-order valence-corrected chi connectivity index (χ2v) is 9.86. The molecule has 1 aliphatic heterocycles. The monoisotopic (exact) mass is 540 g/mol. The van der Waals surface area contributed by atoms with Crippen LogP contribution in [-0.4, -0.2) is 55.1 Å². The van der Waals surface area contributed by atoms with E-state index in [1.165, 1.54) is 0 Å². The van der Waals surface area contributed by atoms with Crippen LogP contribution in [0.3, 0.4) is 0 Å². The molecule has 9 nitrogen and oxygen atoms in total. The summed E-state index contributed by atoms with van der Waals surface area (Å²) in [6, 6.07) is 18.3. The number of carbonyl (C=O) groups is 2. The second-order valence-electron chi connectivity index (χ2n) is 9.86. The molecule has 1 saturated heterocycles. The third-order valence-electron chi connectivity index (χ3n) is 7.17. The van der Waals surface area contributed by atoms with Crippen molar-refractivity contribution in [2.24, 2.45) is 0 Å². The van der Waals surface area contributed by atoms with Gasteiger partial charge in [0.15, 0.2) is 5.69 Å². The van der Waals surface area contributed by atoms with Gasteiger partial charge >= 0.3 is 0 Å². The number of nitrogens with one attached hydrogen (secondary N) is 2. The molecule has 0 atom stereocenters. The minimum atomic E-state index is -0.575. The fourth-order valence-electron chi connectivity index (χ4n) is 5.16. The summed E-state index contributed by atoms with van der Waals surface area (Å²) in [5.41, 5.74) is 5.93. The number of benzene rings is 3. The van der Waals surface area contributed by atoms with Gasteiger partial charge in [-0.25, -0.2) is 9.71 Å². The van der Waals surface area contributed by atoms with Crippen molar-refractivity contribution in [3.63, 3.8) is 0 Å². The van der Waals surface area contributed by atoms with Gasteiger partial charge in [-0.1, -0.05) is 24.3 Å². The highest BCUT2D eigenvalue weighted by atomic mass is 16.5. The topological polar surface area (TPSA) is 111 Å². The van der Waals surface area contributed by atoms with E-state index in [1.54, 1.807) is 49.3 Å². The van der Waals surface area contributed by atoms with Crippen molar-refractivity contribution in [2.75, 3.05) is 38.7 Å². The molecular weight excluding hydrogens is 508 g/mol. The van der Waals surface area contributed by atoms with Crippen LogP contribution in [0.4, 0.5) is 5.69 Å². The van der Waals surface area contributed by atoms with Gasteiger partial charge in [0.05, 0.1) is 25.9 Å². The van der Waals surface area contributed by atoms with Crippen LogP contribution in [0.25, 0.3) is 22.5 Å². The number of amides is 2. The Morgan fingerprint density at radius 1 is 1.00 bits per heavy atom. The van der Waals surface area contributed by atoms with Crippen molar-refractivity contribution in [3.8, 4) is 28.3 Å². The third-order valence-corrected chi connectivity index (χ3v) is 7.17. The van der Waals surface area contributed by atoms with Gasteiger partial charge in [-0.15, -0.1) is 0 Å². The zero-order valence-corrected chi connectivity index (χ0v) is 23.0. The number of morpholine rings is 1. The lowest BCUT2D eigenvalue weighted by atomic mass is 9.93. The zero-order chi connectivity index (χ0) is 28.4. The number of imidazole rings is 1. The normalized spacial score (nSPS) is 13.2. The number of anilines is 1. The van der Waals surface area contributed by atoms with Gasteiger partial charge in [0, 0.05) is 36.8 Å². The Labute approximate surface area is 232 Å². The van der Waals surface area contributed by atoms with Gasteiger partial charge in [0.1, 0.15) is 5.75 Å². The number of methoxy groups -OCH3 is 1. The lowest BCUT2D eigenvalue weighted by Gasteiger charge is -2.27. The van der Waals surface area contributed by atoms with E-state index >= 15 is 0 Å². The molecule has 0 bridgehead atoms. The molecule has 4 aromatic rings. The quantitative estimate of drug-likeness (QED) is 0.273. The SMILES string of the molecule is COc1ccc(-c2[nH]c(C)c(C(=O)Nc3cccc(C(=O)N4CCOCC4)c3)[n+]2[O-])cc1-c1c(C)cccc1C. The molecule has 1 aromatic heterocycles. The first-order chi connectivity index (χ1) is 19.3. The van der Waals surface area contributed by atoms with Crippen molar-refractivity contribution in [2.45, 2.75) is 20.8 Å². The number of aryl methyl sites for hydroxylation is 3. The molecule has 206 valence electrons. The number of nitrogens with zero attached hydrogens (tertiary/aromatic N) is 2. The van der Waals surface area contributed by atoms with Crippen molar-refractivity contribution >= 4 is 17.5 Å². The molecule has 40 heavy (non-hydrogen) atoms. The highest BCUT2D eigenvalue weighted by molar-refractivity contribution is 6.04. The maximum atomic E-state index is 13.5. The Balaban J connectivity index is 1.44. The smallest absolute Gasteiger partial charge is 0.300 e. The fraction of sp³-hybridized carbons (Fsp3) is 0.258. The number of ether oxygens (including phenoxy) is 2. The number of aromatic amines is 1. The molecule has 2 heterocycles. The van der Waals surface area contributed by atoms with Crippen molar-refractivity contribution in [1.82, 2.24) is 9.88 Å². The Hall–Kier alpha value is -4.63. The molecule has 1 aliphatic rings. The Morgan fingerprint density at radius 2 is 1.70 bits per heavy atom. The molecule has 9 heteroatoms. The van der Waals surface area contributed by atoms with E-state index in [-0.39, 0.29) is 17.4 Å². The minimum Gasteiger partial charge on any atom is -0.710 e. The van der Waals surface area contributed by atoms with Crippen molar-refractivity contribution in [3.05, 3.63) is 93.9 Å². The first-order valence-electron chi connectivity index (χ1n) is 13.1. The van der Waals surface area contributed by atoms with Gasteiger partial charge < -0.3 is 24.9 Å². The number of rotatable bonds is 6. The van der Waals surface area contributed by atoms with E-state index in [9.17, 15) is 14.8 Å². The van der Waals surface area contributed by atoms with Crippen LogP contribution < -0.4 is 14.8 Å². The van der Waals surface area contributed by atoms with E-state index in [0.29, 0.717) is 59.3 Å². The number of aromatic nitrogens is 2. The Morgan fingerprint density at radius 3 is 2.40 bits per heavy atom. The molecule has 0 aliphatic carbocycles. The highest BCUT2D eigenvalue weighted by Crippen LogP contribution is 2.37. The molecular formula is C31H32N4O5. The van der Waals surface area contributed by atoms with E-state index < -0.39 is 5.91 Å². The fourth-order valence-corrected chi connectivity index (χ4v) is 5.16. The second kappa shape index (κ2) is 11.2. The van der Waals surface area contributed by atoms with Gasteiger partial charge in [0.2, 0.25) is 5.69 Å². The number of carbonyl (C=O) groups excluding carboxylic acids is 2. The summed E-state index contributed by atoms with van der Waals surface area (Å²) >= 11 is 0. The standard InChI is InChI=1S/C31H32N4O5/c1-19-7-5-8-20(2)27(19)25-18-22(11-12-26(25)39-4)29-32-21(3)28(35(29)38)30(36)33-24-10-6-9-23(17-24)31(37)34-13-15-40-16-14-34/h5-12,17-18,32H,13-16H2,1-4H3,(H,33,36). The summed E-state index contributed by atoms with van der Waals surface area (Å²) in [6.07, 6.45) is 0. The number of hydrogen-bond acceptors (Lipinski definition) is 5. The molecule has 3 aromatic carbocycles. The van der Waals surface area contributed by atoms with E-state index in [0.717, 1.165) is 22.3 Å². The lowest BCUT2D eigenvalue weighted by molar-refractivity contribution is -0.594. The first-order valence-corrected chi connectivity index (χ1v) is 13.1. The number of hydrogen-bond donors (Lipinski definition) is 2. The van der Waals surface area contributed by atoms with Crippen LogP contribution in [0.1, 0.15) is 37.7 Å². The lowest BCUT2D eigenvalue weighted by Crippen LogP contribution is -2.40. The van der Waals surface area contributed by atoms with Crippen LogP contribution in [0.2, 0.25) is 0 Å². The molecule has 0 radical (unpaired) electrons. The average molecular weight is 541 g/mol. The average Bonchev–Trinajstić information content (AvgIpc) is 3.26. The van der Waals surface area contributed by atoms with Crippen LogP contribution in [0.15, 0.2) is 60.7 Å². The molecule has 1 fully saturated rings. The zero-order valence-electron chi connectivity index (χ0n) is 23.0. The first kappa shape index (κ1) is 27.0. The summed E-state index contributed by atoms with van der Waals surface area (Å²) in [5, 5.41) is 16.2. The predicted octanol–water partition coefficient (Wildman–Crippen LogP) is 4.64. The van der Waals surface area contributed by atoms with Crippen LogP contribution in [-0.2, 0) is 4.74 Å². The van der Waals surface area contributed by atoms with Gasteiger partial charge in [0.25, 0.3) is 17.6 Å². The van der Waals surface area contributed by atoms with Crippen LogP contribution in [0.5, 0.6) is 5.75 Å². The Kier molecular flexibility index (Phi) is 7.57. The largest absolute Gasteiger partial charge is 0.710 e. The van der Waals surface area contributed by atoms with Gasteiger partial charge in [-0.05, 0) is 66.9 Å².